The number of ether oxygens (including phenoxy) is 3. The quantitative estimate of drug-likeness (QED) is 0.248. The largest absolute Gasteiger partial charge is 0.482 e. The van der Waals surface area contributed by atoms with Crippen molar-refractivity contribution in [2.45, 2.75) is 141 Å². The minimum atomic E-state index is -1.13. The zero-order chi connectivity index (χ0) is 37.1. The average molecular weight is 710 g/mol. The van der Waals surface area contributed by atoms with E-state index >= 15 is 0 Å². The van der Waals surface area contributed by atoms with Gasteiger partial charge in [-0.15, -0.1) is 0 Å². The van der Waals surface area contributed by atoms with Gasteiger partial charge in [0.1, 0.15) is 23.8 Å². The minimum absolute atomic E-state index is 0.151. The summed E-state index contributed by atoms with van der Waals surface area (Å²) >= 11 is 0. The van der Waals surface area contributed by atoms with Crippen LogP contribution in [0.15, 0.2) is 12.1 Å². The van der Waals surface area contributed by atoms with Crippen molar-refractivity contribution in [1.29, 1.82) is 0 Å². The van der Waals surface area contributed by atoms with E-state index in [1.165, 1.54) is 18.4 Å². The van der Waals surface area contributed by atoms with Crippen molar-refractivity contribution in [3.8, 4) is 11.5 Å². The number of fused-ring (bicyclic) bond motifs is 2. The van der Waals surface area contributed by atoms with Crippen LogP contribution >= 0.6 is 0 Å². The highest BCUT2D eigenvalue weighted by molar-refractivity contribution is 5.90. The Labute approximate surface area is 302 Å². The second-order valence-corrected chi connectivity index (χ2v) is 18.6. The maximum atomic E-state index is 13.6. The van der Waals surface area contributed by atoms with Gasteiger partial charge < -0.3 is 35.1 Å². The Bertz CT molecular complexity index is 1600. The molecule has 5 fully saturated rings. The van der Waals surface area contributed by atoms with Gasteiger partial charge in [0.05, 0.1) is 5.60 Å². The molecule has 1 aromatic rings. The Hall–Kier alpha value is -2.89. The molecule has 0 aromatic heterocycles. The Kier molecular flexibility index (Phi) is 8.63. The van der Waals surface area contributed by atoms with Crippen LogP contribution in [0.2, 0.25) is 0 Å². The maximum Gasteiger partial charge on any atom is 0.413 e. The Morgan fingerprint density at radius 3 is 2.29 bits per heavy atom. The Morgan fingerprint density at radius 2 is 1.71 bits per heavy atom. The summed E-state index contributed by atoms with van der Waals surface area (Å²) in [7, 11) is 1.77. The molecule has 8 rings (SSSR count). The molecule has 4 N–H and O–H groups in total. The number of nitrogens with one attached hydrogen (secondary N) is 2. The molecule has 282 valence electrons. The van der Waals surface area contributed by atoms with Crippen LogP contribution in [-0.4, -0.2) is 88.7 Å². The molecular weight excluding hydrogens is 650 g/mol. The molecule has 1 aromatic carbocycles. The highest BCUT2D eigenvalue weighted by Crippen LogP contribution is 2.78. The molecule has 11 heteroatoms. The molecule has 5 aliphatic carbocycles. The predicted octanol–water partition coefficient (Wildman–Crippen LogP) is 5.05. The van der Waals surface area contributed by atoms with Crippen molar-refractivity contribution >= 4 is 18.0 Å². The number of aliphatic carboxylic acids is 1. The molecule has 2 amide bonds. The number of hydrogen-bond donors (Lipinski definition) is 4. The number of aliphatic hydroxyl groups is 1. The molecule has 1 unspecified atom stereocenters. The van der Waals surface area contributed by atoms with E-state index < -0.39 is 46.7 Å². The summed E-state index contributed by atoms with van der Waals surface area (Å²) in [5, 5.41) is 27.5. The lowest BCUT2D eigenvalue weighted by Crippen LogP contribution is -2.83. The molecule has 51 heavy (non-hydrogen) atoms. The fraction of sp³-hybridized carbons (Fsp3) is 0.775. The number of nitrogens with zero attached hydrogens (tertiary/aromatic N) is 1. The van der Waals surface area contributed by atoms with Gasteiger partial charge in [-0.1, -0.05) is 54.5 Å². The summed E-state index contributed by atoms with van der Waals surface area (Å²) in [6.07, 6.45) is 5.77. The lowest BCUT2D eigenvalue weighted by molar-refractivity contribution is -0.312. The molecule has 11 nitrogen and oxygen atoms in total. The summed E-state index contributed by atoms with van der Waals surface area (Å²) in [5.74, 6) is -0.950. The normalized spacial score (nSPS) is 34.3. The molecule has 2 heterocycles. The number of likely N-dealkylation sites (tertiary alicyclic amines) is 1. The average Bonchev–Trinajstić information content (AvgIpc) is 3.80. The fourth-order valence-corrected chi connectivity index (χ4v) is 11.2. The van der Waals surface area contributed by atoms with Crippen molar-refractivity contribution in [3.05, 3.63) is 23.3 Å². The number of carbonyl (C=O) groups is 3. The van der Waals surface area contributed by atoms with Crippen molar-refractivity contribution in [2.24, 2.45) is 34.5 Å². The number of piperidine rings is 1. The third kappa shape index (κ3) is 5.17. The van der Waals surface area contributed by atoms with E-state index in [0.29, 0.717) is 17.5 Å². The summed E-state index contributed by atoms with van der Waals surface area (Å²) in [5.41, 5.74) is -0.374. The number of hydrogen-bond acceptors (Lipinski definition) is 8. The third-order valence-corrected chi connectivity index (χ3v) is 14.5. The summed E-state index contributed by atoms with van der Waals surface area (Å²) in [4.78, 5) is 41.5. The van der Waals surface area contributed by atoms with E-state index in [2.05, 4.69) is 42.4 Å². The van der Waals surface area contributed by atoms with Crippen molar-refractivity contribution in [3.63, 3.8) is 0 Å². The van der Waals surface area contributed by atoms with Crippen LogP contribution in [0.5, 0.6) is 11.5 Å². The SMILES string of the molecule is CO[C@]12CC[C@@]3(C[C@@H]1[C@](C)(O)C(C)(C)C)[C@H]1Cc4ccc(OC(=O)N[C@H](C(=O)NC(C(=O)O)C(C)C)C(C)C)c5c4[C@@]3(CCN1CC1CC1)[C@H]2O5. The first kappa shape index (κ1) is 36.5. The summed E-state index contributed by atoms with van der Waals surface area (Å²) in [6.45, 7) is 17.4. The van der Waals surface area contributed by atoms with E-state index in [0.717, 1.165) is 56.7 Å². The van der Waals surface area contributed by atoms with Gasteiger partial charge in [-0.25, -0.2) is 9.59 Å². The van der Waals surface area contributed by atoms with E-state index in [9.17, 15) is 24.6 Å². The second kappa shape index (κ2) is 12.1. The van der Waals surface area contributed by atoms with E-state index in [-0.39, 0.29) is 34.7 Å². The van der Waals surface area contributed by atoms with Gasteiger partial charge in [0, 0.05) is 42.0 Å². The molecule has 4 saturated carbocycles. The van der Waals surface area contributed by atoms with E-state index in [1.807, 2.05) is 13.0 Å². The highest BCUT2D eigenvalue weighted by atomic mass is 16.6. The standard InChI is InChI=1S/C40H59N3O8/c1-21(2)29(32(44)41-30(22(3)4)33(45)46)42-35(47)50-25-13-12-24-18-27-38-14-15-40(49-9,26(19-38)37(8,48)36(5,6)7)34-39(38,28(24)31(25)51-34)16-17-43(27)20-23-10-11-23/h12-13,21-23,26-27,29-30,34,48H,10-11,14-20H2,1-9H3,(H,41,44)(H,42,47)(H,45,46)/t26-,27-,29+,30?,34-,37+,38-,39+,40-/m1/s1. The van der Waals surface area contributed by atoms with Gasteiger partial charge in [-0.05, 0) is 93.2 Å². The van der Waals surface area contributed by atoms with Gasteiger partial charge in [0.2, 0.25) is 5.91 Å². The second-order valence-electron chi connectivity index (χ2n) is 18.6. The topological polar surface area (TPSA) is 147 Å². The number of carboxylic acid groups (broad SMARTS) is 1. The summed E-state index contributed by atoms with van der Waals surface area (Å²) < 4.78 is 19.9. The third-order valence-electron chi connectivity index (χ3n) is 14.5. The van der Waals surface area contributed by atoms with Crippen LogP contribution in [0.1, 0.15) is 105 Å². The van der Waals surface area contributed by atoms with Crippen LogP contribution in [-0.2, 0) is 26.2 Å². The van der Waals surface area contributed by atoms with Crippen LogP contribution in [0.3, 0.4) is 0 Å². The van der Waals surface area contributed by atoms with E-state index in [4.69, 9.17) is 14.2 Å². The smallest absolute Gasteiger partial charge is 0.413 e. The highest BCUT2D eigenvalue weighted by Gasteiger charge is 2.82. The van der Waals surface area contributed by atoms with Crippen LogP contribution < -0.4 is 20.1 Å². The van der Waals surface area contributed by atoms with Crippen LogP contribution in [0.4, 0.5) is 4.79 Å². The first-order chi connectivity index (χ1) is 23.8. The minimum Gasteiger partial charge on any atom is -0.482 e. The molecule has 2 spiro atoms. The molecule has 4 bridgehead atoms. The van der Waals surface area contributed by atoms with Gasteiger partial charge in [-0.2, -0.15) is 0 Å². The molecule has 7 aliphatic rings. The van der Waals surface area contributed by atoms with Crippen LogP contribution in [0, 0.1) is 34.5 Å². The zero-order valence-corrected chi connectivity index (χ0v) is 31.9. The predicted molar refractivity (Wildman–Crippen MR) is 191 cm³/mol. The number of carboxylic acids is 1. The van der Waals surface area contributed by atoms with Crippen molar-refractivity contribution < 1.29 is 38.8 Å². The molecular formula is C40H59N3O8. The lowest BCUT2D eigenvalue weighted by atomic mass is 9.33. The summed E-state index contributed by atoms with van der Waals surface area (Å²) in [6, 6.07) is 2.11. The zero-order valence-electron chi connectivity index (χ0n) is 31.9. The number of methoxy groups -OCH3 is 1. The molecule has 0 radical (unpaired) electrons. The van der Waals surface area contributed by atoms with Crippen molar-refractivity contribution in [1.82, 2.24) is 15.5 Å². The fourth-order valence-electron chi connectivity index (χ4n) is 11.2. The first-order valence-corrected chi connectivity index (χ1v) is 19.2. The number of amides is 2. The Balaban J connectivity index is 1.26. The molecule has 9 atom stereocenters. The van der Waals surface area contributed by atoms with Gasteiger partial charge >= 0.3 is 12.1 Å². The lowest BCUT2D eigenvalue weighted by Gasteiger charge is -2.75. The number of carbonyl (C=O) groups excluding carboxylic acids is 2. The number of rotatable bonds is 11. The molecule has 1 saturated heterocycles. The Morgan fingerprint density at radius 1 is 1.02 bits per heavy atom. The first-order valence-electron chi connectivity index (χ1n) is 19.2. The van der Waals surface area contributed by atoms with Crippen molar-refractivity contribution in [2.75, 3.05) is 20.2 Å². The molecule has 2 aliphatic heterocycles. The van der Waals surface area contributed by atoms with Gasteiger partial charge in [-0.3, -0.25) is 9.69 Å². The van der Waals surface area contributed by atoms with Gasteiger partial charge in [0.25, 0.3) is 0 Å². The van der Waals surface area contributed by atoms with Crippen LogP contribution in [0.25, 0.3) is 0 Å². The maximum absolute atomic E-state index is 13.6. The van der Waals surface area contributed by atoms with E-state index in [1.54, 1.807) is 34.8 Å². The monoisotopic (exact) mass is 709 g/mol. The number of benzene rings is 1. The van der Waals surface area contributed by atoms with Gasteiger partial charge in [0.15, 0.2) is 11.5 Å².